The molecule has 21 heavy (non-hydrogen) atoms. The molecule has 2 aromatic rings. The highest BCUT2D eigenvalue weighted by Crippen LogP contribution is 2.25. The van der Waals surface area contributed by atoms with Gasteiger partial charge in [-0.25, -0.2) is 0 Å². The zero-order valence-electron chi connectivity index (χ0n) is 11.9. The summed E-state index contributed by atoms with van der Waals surface area (Å²) in [4.78, 5) is 0. The third-order valence-corrected chi connectivity index (χ3v) is 3.51. The first-order valence-electron chi connectivity index (χ1n) is 6.77. The first-order chi connectivity index (χ1) is 10.1. The van der Waals surface area contributed by atoms with Crippen LogP contribution in [0.25, 0.3) is 0 Å². The molecule has 1 unspecified atom stereocenters. The molecule has 6 nitrogen and oxygen atoms in total. The third kappa shape index (κ3) is 5.45. The van der Waals surface area contributed by atoms with Crippen LogP contribution in [-0.4, -0.2) is 45.9 Å². The van der Waals surface area contributed by atoms with Crippen LogP contribution in [-0.2, 0) is 6.54 Å². The summed E-state index contributed by atoms with van der Waals surface area (Å²) in [7, 11) is 0. The van der Waals surface area contributed by atoms with Crippen molar-refractivity contribution in [2.75, 3.05) is 19.7 Å². The van der Waals surface area contributed by atoms with E-state index in [1.807, 2.05) is 25.1 Å². The Morgan fingerprint density at radius 1 is 1.48 bits per heavy atom. The summed E-state index contributed by atoms with van der Waals surface area (Å²) >= 11 is 3.45. The van der Waals surface area contributed by atoms with Crippen molar-refractivity contribution in [2.45, 2.75) is 19.6 Å². The molecule has 7 heteroatoms. The van der Waals surface area contributed by atoms with Gasteiger partial charge in [-0.2, -0.15) is 0 Å². The normalized spacial score (nSPS) is 12.3. The number of ether oxygens (including phenoxy) is 1. The highest BCUT2D eigenvalue weighted by molar-refractivity contribution is 9.10. The van der Waals surface area contributed by atoms with Crippen LogP contribution in [0.2, 0.25) is 0 Å². The summed E-state index contributed by atoms with van der Waals surface area (Å²) in [6.45, 7) is 4.17. The Balaban J connectivity index is 1.64. The minimum Gasteiger partial charge on any atom is -0.490 e. The fourth-order valence-electron chi connectivity index (χ4n) is 1.78. The lowest BCUT2D eigenvalue weighted by Crippen LogP contribution is -2.33. The van der Waals surface area contributed by atoms with Crippen LogP contribution < -0.4 is 10.1 Å². The molecule has 114 valence electrons. The predicted molar refractivity (Wildman–Crippen MR) is 83.3 cm³/mol. The largest absolute Gasteiger partial charge is 0.490 e. The van der Waals surface area contributed by atoms with Gasteiger partial charge in [-0.05, 0) is 40.5 Å². The van der Waals surface area contributed by atoms with Gasteiger partial charge in [0.25, 0.3) is 0 Å². The van der Waals surface area contributed by atoms with Crippen LogP contribution in [0.15, 0.2) is 35.1 Å². The molecule has 0 bridgehead atoms. The first-order valence-corrected chi connectivity index (χ1v) is 7.56. The number of rotatable bonds is 8. The van der Waals surface area contributed by atoms with Crippen LogP contribution in [0, 0.1) is 6.92 Å². The summed E-state index contributed by atoms with van der Waals surface area (Å²) < 4.78 is 8.22. The average Bonchev–Trinajstić information content (AvgIpc) is 2.96. The maximum Gasteiger partial charge on any atom is 0.133 e. The molecule has 0 spiro atoms. The SMILES string of the molecule is Cc1ccc(OCC(O)CNCCn2ccnn2)c(Br)c1. The summed E-state index contributed by atoms with van der Waals surface area (Å²) in [5.41, 5.74) is 1.16. The topological polar surface area (TPSA) is 72.2 Å². The highest BCUT2D eigenvalue weighted by Gasteiger charge is 2.07. The van der Waals surface area contributed by atoms with E-state index in [1.165, 1.54) is 0 Å². The Morgan fingerprint density at radius 3 is 3.05 bits per heavy atom. The van der Waals surface area contributed by atoms with Gasteiger partial charge in [0.1, 0.15) is 18.5 Å². The van der Waals surface area contributed by atoms with Crippen molar-refractivity contribution >= 4 is 15.9 Å². The van der Waals surface area contributed by atoms with Crippen molar-refractivity contribution in [3.8, 4) is 5.75 Å². The quantitative estimate of drug-likeness (QED) is 0.700. The molecule has 0 aliphatic rings. The fourth-order valence-corrected chi connectivity index (χ4v) is 2.39. The molecule has 0 saturated carbocycles. The number of aromatic nitrogens is 3. The van der Waals surface area contributed by atoms with E-state index < -0.39 is 6.10 Å². The van der Waals surface area contributed by atoms with Crippen LogP contribution >= 0.6 is 15.9 Å². The fraction of sp³-hybridized carbons (Fsp3) is 0.429. The van der Waals surface area contributed by atoms with E-state index in [0.29, 0.717) is 13.1 Å². The van der Waals surface area contributed by atoms with E-state index >= 15 is 0 Å². The minimum atomic E-state index is -0.561. The summed E-state index contributed by atoms with van der Waals surface area (Å²) in [5, 5.41) is 20.6. The van der Waals surface area contributed by atoms with Gasteiger partial charge in [-0.15, -0.1) is 5.10 Å². The van der Waals surface area contributed by atoms with Gasteiger partial charge in [-0.3, -0.25) is 4.68 Å². The molecule has 0 radical (unpaired) electrons. The Hall–Kier alpha value is -1.44. The molecule has 1 aromatic carbocycles. The standard InChI is InChI=1S/C14H19BrN4O2/c1-11-2-3-14(13(15)8-11)21-10-12(20)9-16-4-6-19-7-5-17-18-19/h2-3,5,7-8,12,16,20H,4,6,9-10H2,1H3. The number of hydrogen-bond donors (Lipinski definition) is 2. The smallest absolute Gasteiger partial charge is 0.133 e. The molecule has 1 atom stereocenters. The van der Waals surface area contributed by atoms with Gasteiger partial charge >= 0.3 is 0 Å². The lowest BCUT2D eigenvalue weighted by atomic mass is 10.2. The van der Waals surface area contributed by atoms with E-state index in [1.54, 1.807) is 17.1 Å². The maximum atomic E-state index is 9.88. The second-order valence-corrected chi connectivity index (χ2v) is 5.62. The molecule has 2 N–H and O–H groups in total. The predicted octanol–water partition coefficient (Wildman–Crippen LogP) is 1.38. The molecule has 0 aliphatic carbocycles. The summed E-state index contributed by atoms with van der Waals surface area (Å²) in [6, 6.07) is 5.85. The zero-order valence-corrected chi connectivity index (χ0v) is 13.5. The van der Waals surface area contributed by atoms with Gasteiger partial charge < -0.3 is 15.2 Å². The number of aryl methyl sites for hydroxylation is 1. The number of hydrogen-bond acceptors (Lipinski definition) is 5. The van der Waals surface area contributed by atoms with E-state index in [0.717, 1.165) is 22.3 Å². The van der Waals surface area contributed by atoms with E-state index in [2.05, 4.69) is 31.6 Å². The van der Waals surface area contributed by atoms with E-state index in [-0.39, 0.29) is 6.61 Å². The number of halogens is 1. The lowest BCUT2D eigenvalue weighted by Gasteiger charge is -2.14. The molecular formula is C14H19BrN4O2. The van der Waals surface area contributed by atoms with Gasteiger partial charge in [0.2, 0.25) is 0 Å². The number of nitrogens with one attached hydrogen (secondary N) is 1. The zero-order chi connectivity index (χ0) is 15.1. The van der Waals surface area contributed by atoms with Crippen molar-refractivity contribution < 1.29 is 9.84 Å². The molecular weight excluding hydrogens is 336 g/mol. The summed E-state index contributed by atoms with van der Waals surface area (Å²) in [5.74, 6) is 0.738. The highest BCUT2D eigenvalue weighted by atomic mass is 79.9. The third-order valence-electron chi connectivity index (χ3n) is 2.89. The van der Waals surface area contributed by atoms with Gasteiger partial charge in [0.15, 0.2) is 0 Å². The van der Waals surface area contributed by atoms with Crippen LogP contribution in [0.4, 0.5) is 0 Å². The van der Waals surface area contributed by atoms with Crippen LogP contribution in [0.1, 0.15) is 5.56 Å². The first kappa shape index (κ1) is 15.9. The van der Waals surface area contributed by atoms with Crippen molar-refractivity contribution in [3.63, 3.8) is 0 Å². The minimum absolute atomic E-state index is 0.248. The second-order valence-electron chi connectivity index (χ2n) is 4.77. The molecule has 1 heterocycles. The number of aliphatic hydroxyl groups is 1. The Morgan fingerprint density at radius 2 is 2.33 bits per heavy atom. The molecule has 2 rings (SSSR count). The van der Waals surface area contributed by atoms with Crippen LogP contribution in [0.5, 0.6) is 5.75 Å². The molecule has 0 saturated heterocycles. The number of aliphatic hydroxyl groups excluding tert-OH is 1. The maximum absolute atomic E-state index is 9.88. The van der Waals surface area contributed by atoms with Crippen LogP contribution in [0.3, 0.4) is 0 Å². The van der Waals surface area contributed by atoms with Crippen molar-refractivity contribution in [1.82, 2.24) is 20.3 Å². The van der Waals surface area contributed by atoms with Gasteiger partial charge in [0.05, 0.1) is 17.2 Å². The Labute approximate surface area is 132 Å². The van der Waals surface area contributed by atoms with Gasteiger partial charge in [-0.1, -0.05) is 11.3 Å². The number of benzene rings is 1. The van der Waals surface area contributed by atoms with Crippen molar-refractivity contribution in [2.24, 2.45) is 0 Å². The Kier molecular flexibility index (Phi) is 6.16. The Bertz CT molecular complexity index is 548. The molecule has 1 aromatic heterocycles. The van der Waals surface area contributed by atoms with Crippen molar-refractivity contribution in [3.05, 3.63) is 40.6 Å². The second kappa shape index (κ2) is 8.11. The molecule has 0 aliphatic heterocycles. The lowest BCUT2D eigenvalue weighted by molar-refractivity contribution is 0.106. The molecule has 0 amide bonds. The monoisotopic (exact) mass is 354 g/mol. The van der Waals surface area contributed by atoms with E-state index in [4.69, 9.17) is 4.74 Å². The average molecular weight is 355 g/mol. The summed E-state index contributed by atoms with van der Waals surface area (Å²) in [6.07, 6.45) is 2.88. The van der Waals surface area contributed by atoms with Gasteiger partial charge in [0, 0.05) is 19.3 Å². The number of nitrogens with zero attached hydrogens (tertiary/aromatic N) is 3. The molecule has 0 fully saturated rings. The van der Waals surface area contributed by atoms with Crippen molar-refractivity contribution in [1.29, 1.82) is 0 Å². The van der Waals surface area contributed by atoms with E-state index in [9.17, 15) is 5.11 Å².